The number of hydrogen-bond acceptors (Lipinski definition) is 7. The first kappa shape index (κ1) is 25.2. The molecule has 29 heavy (non-hydrogen) atoms. The van der Waals surface area contributed by atoms with Crippen molar-refractivity contribution in [2.75, 3.05) is 25.2 Å². The highest BCUT2D eigenvalue weighted by Crippen LogP contribution is 2.20. The number of nitrogens with two attached hydrogens (primary N) is 1. The highest BCUT2D eigenvalue weighted by atomic mass is 32.2. The summed E-state index contributed by atoms with van der Waals surface area (Å²) in [6.45, 7) is 3.32. The molecule has 0 bridgehead atoms. The molecule has 6 N–H and O–H groups in total. The molecule has 1 aliphatic heterocycles. The summed E-state index contributed by atoms with van der Waals surface area (Å²) in [6, 6.07) is -3.85. The van der Waals surface area contributed by atoms with Crippen molar-refractivity contribution in [3.63, 3.8) is 0 Å². The second-order valence-corrected chi connectivity index (χ2v) is 8.37. The van der Waals surface area contributed by atoms with Gasteiger partial charge in [-0.05, 0) is 37.2 Å². The highest BCUT2D eigenvalue weighted by molar-refractivity contribution is 7.98. The van der Waals surface area contributed by atoms with Gasteiger partial charge in [0.15, 0.2) is 0 Å². The van der Waals surface area contributed by atoms with Crippen molar-refractivity contribution in [2.45, 2.75) is 57.3 Å². The van der Waals surface area contributed by atoms with Crippen LogP contribution in [0.2, 0.25) is 0 Å². The molecule has 0 aromatic carbocycles. The van der Waals surface area contributed by atoms with Gasteiger partial charge >= 0.3 is 5.97 Å². The molecule has 1 saturated heterocycles. The molecule has 3 amide bonds. The van der Waals surface area contributed by atoms with Crippen molar-refractivity contribution in [3.05, 3.63) is 0 Å². The number of carboxylic acids is 1. The Morgan fingerprint density at radius 2 is 1.86 bits per heavy atom. The van der Waals surface area contributed by atoms with Crippen molar-refractivity contribution in [1.82, 2.24) is 15.5 Å². The van der Waals surface area contributed by atoms with Crippen LogP contribution in [0.25, 0.3) is 0 Å². The van der Waals surface area contributed by atoms with Crippen molar-refractivity contribution >= 4 is 35.5 Å². The molecular formula is C18H32N4O6S. The lowest BCUT2D eigenvalue weighted by Crippen LogP contribution is -2.57. The van der Waals surface area contributed by atoms with Gasteiger partial charge in [0.05, 0.1) is 12.6 Å². The maximum absolute atomic E-state index is 12.8. The number of likely N-dealkylation sites (tertiary alicyclic amines) is 1. The zero-order valence-electron chi connectivity index (χ0n) is 17.1. The van der Waals surface area contributed by atoms with Crippen LogP contribution in [0.3, 0.4) is 0 Å². The van der Waals surface area contributed by atoms with Gasteiger partial charge in [0.2, 0.25) is 17.7 Å². The van der Waals surface area contributed by atoms with E-state index < -0.39 is 48.6 Å². The van der Waals surface area contributed by atoms with Crippen LogP contribution in [0.1, 0.15) is 33.1 Å². The van der Waals surface area contributed by atoms with Gasteiger partial charge in [0.1, 0.15) is 18.1 Å². The molecule has 0 spiro atoms. The average molecular weight is 433 g/mol. The van der Waals surface area contributed by atoms with E-state index in [4.69, 9.17) is 15.9 Å². The minimum Gasteiger partial charge on any atom is -0.480 e. The lowest BCUT2D eigenvalue weighted by molar-refractivity contribution is -0.144. The lowest BCUT2D eigenvalue weighted by Gasteiger charge is -2.29. The molecule has 0 saturated carbocycles. The maximum Gasteiger partial charge on any atom is 0.328 e. The van der Waals surface area contributed by atoms with Crippen molar-refractivity contribution < 1.29 is 29.4 Å². The third kappa shape index (κ3) is 7.16. The number of nitrogens with zero attached hydrogens (tertiary/aromatic N) is 1. The van der Waals surface area contributed by atoms with Crippen molar-refractivity contribution in [1.29, 1.82) is 0 Å². The Kier molecular flexibility index (Phi) is 10.4. The van der Waals surface area contributed by atoms with Crippen molar-refractivity contribution in [2.24, 2.45) is 11.7 Å². The molecule has 0 aromatic rings. The van der Waals surface area contributed by atoms with E-state index >= 15 is 0 Å². The van der Waals surface area contributed by atoms with Crippen LogP contribution in [0.5, 0.6) is 0 Å². The first-order chi connectivity index (χ1) is 13.6. The topological polar surface area (TPSA) is 162 Å². The molecule has 0 aromatic heterocycles. The molecule has 1 aliphatic rings. The van der Waals surface area contributed by atoms with Crippen LogP contribution in [-0.4, -0.2) is 88.1 Å². The number of carboxylic acid groups (broad SMARTS) is 1. The number of rotatable bonds is 11. The number of carbonyl (C=O) groups excluding carboxylic acids is 3. The summed E-state index contributed by atoms with van der Waals surface area (Å²) in [4.78, 5) is 50.4. The second-order valence-electron chi connectivity index (χ2n) is 7.38. The SMILES string of the molecule is CSCCC(NC(=O)C1CCCN1C(=O)C(N)C(C)C)C(=O)NC(CO)C(=O)O. The van der Waals surface area contributed by atoms with Gasteiger partial charge in [-0.2, -0.15) is 11.8 Å². The first-order valence-electron chi connectivity index (χ1n) is 9.63. The fourth-order valence-electron chi connectivity index (χ4n) is 3.01. The predicted molar refractivity (Wildman–Crippen MR) is 109 cm³/mol. The molecular weight excluding hydrogens is 400 g/mol. The van der Waals surface area contributed by atoms with Gasteiger partial charge in [0.25, 0.3) is 0 Å². The minimum atomic E-state index is -1.45. The fourth-order valence-corrected chi connectivity index (χ4v) is 3.48. The zero-order chi connectivity index (χ0) is 22.1. The quantitative estimate of drug-likeness (QED) is 0.271. The second kappa shape index (κ2) is 12.0. The highest BCUT2D eigenvalue weighted by Gasteiger charge is 2.38. The number of nitrogens with one attached hydrogen (secondary N) is 2. The smallest absolute Gasteiger partial charge is 0.328 e. The number of thioether (sulfide) groups is 1. The van der Waals surface area contributed by atoms with E-state index in [0.717, 1.165) is 0 Å². The molecule has 1 rings (SSSR count). The van der Waals surface area contributed by atoms with Gasteiger partial charge in [-0.1, -0.05) is 13.8 Å². The standard InChI is InChI=1S/C18H32N4O6S/c1-10(2)14(19)17(26)22-7-4-5-13(22)16(25)20-11(6-8-29-3)15(24)21-12(9-23)18(27)28/h10-14,23H,4-9,19H2,1-3H3,(H,20,25)(H,21,24)(H,27,28). The molecule has 0 aliphatic carbocycles. The molecule has 11 heteroatoms. The predicted octanol–water partition coefficient (Wildman–Crippen LogP) is -1.24. The summed E-state index contributed by atoms with van der Waals surface area (Å²) in [6.07, 6.45) is 3.24. The Bertz CT molecular complexity index is 603. The first-order valence-corrected chi connectivity index (χ1v) is 11.0. The van der Waals surface area contributed by atoms with E-state index in [1.54, 1.807) is 0 Å². The third-order valence-electron chi connectivity index (χ3n) is 4.88. The fraction of sp³-hybridized carbons (Fsp3) is 0.778. The Hall–Kier alpha value is -1.85. The maximum atomic E-state index is 12.8. The van der Waals surface area contributed by atoms with Gasteiger partial charge < -0.3 is 31.5 Å². The average Bonchev–Trinajstić information content (AvgIpc) is 3.17. The van der Waals surface area contributed by atoms with Crippen molar-refractivity contribution in [3.8, 4) is 0 Å². The summed E-state index contributed by atoms with van der Waals surface area (Å²) in [5.74, 6) is -2.34. The Morgan fingerprint density at radius 1 is 1.21 bits per heavy atom. The van der Waals surface area contributed by atoms with E-state index in [0.29, 0.717) is 25.1 Å². The summed E-state index contributed by atoms with van der Waals surface area (Å²) >= 11 is 1.47. The number of amides is 3. The Labute approximate surface area is 174 Å². The summed E-state index contributed by atoms with van der Waals surface area (Å²) in [5, 5.41) is 23.0. The van der Waals surface area contributed by atoms with Crippen LogP contribution in [0, 0.1) is 5.92 Å². The zero-order valence-corrected chi connectivity index (χ0v) is 17.9. The lowest BCUT2D eigenvalue weighted by atomic mass is 10.0. The third-order valence-corrected chi connectivity index (χ3v) is 5.53. The monoisotopic (exact) mass is 432 g/mol. The number of aliphatic hydroxyl groups excluding tert-OH is 1. The van der Waals surface area contributed by atoms with Gasteiger partial charge in [-0.15, -0.1) is 0 Å². The Balaban J connectivity index is 2.86. The van der Waals surface area contributed by atoms with Crippen LogP contribution in [0.4, 0.5) is 0 Å². The minimum absolute atomic E-state index is 0.0710. The molecule has 4 atom stereocenters. The summed E-state index contributed by atoms with van der Waals surface area (Å²) in [7, 11) is 0. The van der Waals surface area contributed by atoms with Crippen LogP contribution >= 0.6 is 11.8 Å². The molecule has 0 radical (unpaired) electrons. The van der Waals surface area contributed by atoms with E-state index in [-0.39, 0.29) is 18.2 Å². The van der Waals surface area contributed by atoms with E-state index in [9.17, 15) is 19.2 Å². The molecule has 1 fully saturated rings. The van der Waals surface area contributed by atoms with Gasteiger partial charge in [-0.25, -0.2) is 4.79 Å². The number of aliphatic carboxylic acids is 1. The molecule has 4 unspecified atom stereocenters. The van der Waals surface area contributed by atoms with Crippen LogP contribution in [0.15, 0.2) is 0 Å². The van der Waals surface area contributed by atoms with Gasteiger partial charge in [-0.3, -0.25) is 14.4 Å². The van der Waals surface area contributed by atoms with E-state index in [2.05, 4.69) is 10.6 Å². The summed E-state index contributed by atoms with van der Waals surface area (Å²) in [5.41, 5.74) is 5.95. The van der Waals surface area contributed by atoms with E-state index in [1.165, 1.54) is 16.7 Å². The van der Waals surface area contributed by atoms with Crippen LogP contribution in [-0.2, 0) is 19.2 Å². The van der Waals surface area contributed by atoms with E-state index in [1.807, 2.05) is 20.1 Å². The normalized spacial score (nSPS) is 19.5. The van der Waals surface area contributed by atoms with Gasteiger partial charge in [0, 0.05) is 6.54 Å². The molecule has 10 nitrogen and oxygen atoms in total. The molecule has 1 heterocycles. The number of carbonyl (C=O) groups is 4. The Morgan fingerprint density at radius 3 is 2.38 bits per heavy atom. The summed E-state index contributed by atoms with van der Waals surface area (Å²) < 4.78 is 0. The largest absolute Gasteiger partial charge is 0.480 e. The van der Waals surface area contributed by atoms with Crippen LogP contribution < -0.4 is 16.4 Å². The number of hydrogen-bond donors (Lipinski definition) is 5. The molecule has 166 valence electrons. The number of aliphatic hydroxyl groups is 1.